The van der Waals surface area contributed by atoms with E-state index < -0.39 is 27.5 Å². The molecule has 0 spiro atoms. The molecule has 0 fully saturated rings. The average molecular weight is 334 g/mol. The third-order valence-electron chi connectivity index (χ3n) is 0. The van der Waals surface area contributed by atoms with Crippen LogP contribution in [-0.2, 0) is 13.4 Å². The molecule has 0 saturated carbocycles. The maximum absolute atomic E-state index is 8.52. The average Bonchev–Trinajstić information content (AvgIpc) is 1.54. The molecule has 0 unspecified atom stereocenters. The van der Waals surface area contributed by atoms with E-state index in [-0.39, 0.29) is 106 Å². The van der Waals surface area contributed by atoms with Crippen LogP contribution in [0.25, 0.3) is 0 Å². The van der Waals surface area contributed by atoms with Crippen molar-refractivity contribution in [3.8, 4) is 0 Å². The Hall–Kier alpha value is 2.28. The summed E-state index contributed by atoms with van der Waals surface area (Å²) in [6, 6.07) is 0. The quantitative estimate of drug-likeness (QED) is 0.387. The molecule has 0 aliphatic heterocycles. The number of rotatable bonds is 0. The van der Waals surface area contributed by atoms with Crippen LogP contribution in [0.1, 0.15) is 0 Å². The molecule has 0 rings (SSSR count). The van der Waals surface area contributed by atoms with Crippen LogP contribution >= 0.6 is 0 Å². The van der Waals surface area contributed by atoms with Crippen molar-refractivity contribution in [2.75, 3.05) is 0 Å². The van der Waals surface area contributed by atoms with Crippen molar-refractivity contribution in [1.82, 2.24) is 0 Å². The molecule has 0 atom stereocenters. The normalized spacial score (nSPS) is 4.80. The maximum atomic E-state index is 8.52. The van der Waals surface area contributed by atoms with Gasteiger partial charge in [-0.15, -0.1) is 0 Å². The van der Waals surface area contributed by atoms with Crippen molar-refractivity contribution >= 4 is 82.6 Å². The van der Waals surface area contributed by atoms with Crippen LogP contribution in [0.5, 0.6) is 0 Å². The standard InChI is InChI=1S/Al.Ca.K.3O3Si/c;;;3*1-4(2)3/q+3;+2;+1;3*-2. The van der Waals surface area contributed by atoms with E-state index >= 15 is 0 Å². The summed E-state index contributed by atoms with van der Waals surface area (Å²) in [6.07, 6.45) is 0. The maximum Gasteiger partial charge on any atom is 3.00 e. The molecule has 0 bridgehead atoms. The van der Waals surface area contributed by atoms with E-state index in [1.54, 1.807) is 0 Å². The van der Waals surface area contributed by atoms with Gasteiger partial charge in [0.05, 0.1) is 0 Å². The van der Waals surface area contributed by atoms with E-state index in [1.165, 1.54) is 0 Å². The molecule has 0 aromatic carbocycles. The Morgan fingerprint density at radius 3 is 0.600 bits per heavy atom. The molecule has 72 valence electrons. The molecule has 0 heterocycles. The number of hydrogen-bond donors (Lipinski definition) is 0. The zero-order valence-corrected chi connectivity index (χ0v) is 16.9. The van der Waals surface area contributed by atoms with Crippen molar-refractivity contribution in [1.29, 1.82) is 0 Å². The third kappa shape index (κ3) is 639. The Morgan fingerprint density at radius 1 is 0.600 bits per heavy atom. The summed E-state index contributed by atoms with van der Waals surface area (Å²) in [6.45, 7) is 0. The zero-order chi connectivity index (χ0) is 10.7. The Balaban J connectivity index is -0.0000000184. The van der Waals surface area contributed by atoms with Gasteiger partial charge in [0.2, 0.25) is 0 Å². The summed E-state index contributed by atoms with van der Waals surface area (Å²) in [5.74, 6) is 0. The fraction of sp³-hybridized carbons (Fsp3) is 0. The number of hydrogen-bond acceptors (Lipinski definition) is 9. The minimum absolute atomic E-state index is 0. The first-order chi connectivity index (χ1) is 5.20. The Bertz CT molecular complexity index is 123. The van der Waals surface area contributed by atoms with E-state index in [4.69, 9.17) is 42.2 Å². The smallest absolute Gasteiger partial charge is 0.672 e. The Morgan fingerprint density at radius 2 is 0.600 bits per heavy atom. The fourth-order valence-corrected chi connectivity index (χ4v) is 0. The minimum atomic E-state index is -3.63. The Kier molecular flexibility index (Phi) is 71.7. The van der Waals surface area contributed by atoms with E-state index in [2.05, 4.69) is 0 Å². The summed E-state index contributed by atoms with van der Waals surface area (Å²) in [5, 5.41) is 0. The summed E-state index contributed by atoms with van der Waals surface area (Å²) in [4.78, 5) is 51.1. The second-order valence-corrected chi connectivity index (χ2v) is 2.25. The van der Waals surface area contributed by atoms with Gasteiger partial charge >= 0.3 is 106 Å². The second-order valence-electron chi connectivity index (χ2n) is 0.750. The SMILES string of the molecule is O=[Si]([O-])[O-].O=[Si]([O-])[O-].O=[Si]([O-])[O-].[Al+3].[Ca+2].[K+]. The zero-order valence-electron chi connectivity index (χ0n) is 7.46. The second kappa shape index (κ2) is 29.9. The third-order valence-corrected chi connectivity index (χ3v) is 0. The molecule has 15 heteroatoms. The van der Waals surface area contributed by atoms with Crippen LogP contribution in [0, 0.1) is 0 Å². The largest absolute Gasteiger partial charge is 3.00 e. The van der Waals surface area contributed by atoms with Crippen LogP contribution in [0.4, 0.5) is 0 Å². The van der Waals surface area contributed by atoms with E-state index in [0.29, 0.717) is 0 Å². The van der Waals surface area contributed by atoms with Crippen molar-refractivity contribution in [3.05, 3.63) is 0 Å². The predicted octanol–water partition coefficient (Wildman–Crippen LogP) is -12.4. The van der Waals surface area contributed by atoms with Gasteiger partial charge in [0.15, 0.2) is 0 Å². The fourth-order valence-electron chi connectivity index (χ4n) is 0. The summed E-state index contributed by atoms with van der Waals surface area (Å²) in [5.41, 5.74) is 0. The molecule has 0 aliphatic rings. The van der Waals surface area contributed by atoms with Gasteiger partial charge < -0.3 is 42.2 Å². The molecule has 0 amide bonds. The van der Waals surface area contributed by atoms with E-state index in [9.17, 15) is 0 Å². The van der Waals surface area contributed by atoms with Crippen molar-refractivity contribution < 1.29 is 93.5 Å². The van der Waals surface area contributed by atoms with Gasteiger partial charge in [-0.3, -0.25) is 0 Å². The molecule has 0 N–H and O–H groups in total. The van der Waals surface area contributed by atoms with Crippen LogP contribution in [0.15, 0.2) is 0 Å². The van der Waals surface area contributed by atoms with Crippen molar-refractivity contribution in [2.24, 2.45) is 0 Å². The first kappa shape index (κ1) is 36.0. The van der Waals surface area contributed by atoms with Crippen LogP contribution < -0.4 is 80.2 Å². The van der Waals surface area contributed by atoms with E-state index in [1.807, 2.05) is 0 Å². The summed E-state index contributed by atoms with van der Waals surface area (Å²) in [7, 11) is -10.9. The molecule has 15 heavy (non-hydrogen) atoms. The summed E-state index contributed by atoms with van der Waals surface area (Å²) >= 11 is 0. The molecule has 9 nitrogen and oxygen atoms in total. The first-order valence-electron chi connectivity index (χ1n) is 1.84. The first-order valence-corrected chi connectivity index (χ1v) is 5.51. The Labute approximate surface area is 172 Å². The monoisotopic (exact) mass is 334 g/mol. The van der Waals surface area contributed by atoms with Crippen LogP contribution in [0.3, 0.4) is 0 Å². The van der Waals surface area contributed by atoms with Gasteiger partial charge in [-0.1, -0.05) is 0 Å². The van der Waals surface area contributed by atoms with Gasteiger partial charge in [0, 0.05) is 27.5 Å². The molecule has 0 aromatic heterocycles. The molecule has 0 aromatic rings. The molecule has 0 saturated heterocycles. The van der Waals surface area contributed by atoms with Gasteiger partial charge in [0.25, 0.3) is 0 Å². The van der Waals surface area contributed by atoms with Gasteiger partial charge in [-0.25, -0.2) is 0 Å². The molecule has 0 radical (unpaired) electrons. The molecular weight excluding hydrogens is 334 g/mol. The van der Waals surface area contributed by atoms with Gasteiger partial charge in [0.1, 0.15) is 0 Å². The van der Waals surface area contributed by atoms with Crippen LogP contribution in [0.2, 0.25) is 0 Å². The van der Waals surface area contributed by atoms with E-state index in [0.717, 1.165) is 0 Å². The van der Waals surface area contributed by atoms with Gasteiger partial charge in [-0.05, 0) is 0 Å². The van der Waals surface area contributed by atoms with Crippen LogP contribution in [-0.4, -0.2) is 82.6 Å². The van der Waals surface area contributed by atoms with Gasteiger partial charge in [-0.2, -0.15) is 0 Å². The van der Waals surface area contributed by atoms with Crippen molar-refractivity contribution in [2.45, 2.75) is 0 Å². The minimum Gasteiger partial charge on any atom is -0.672 e. The topological polar surface area (TPSA) is 190 Å². The van der Waals surface area contributed by atoms with Crippen molar-refractivity contribution in [3.63, 3.8) is 0 Å². The molecule has 0 aliphatic carbocycles. The molecular formula is AlCaKO9Si3. The summed E-state index contributed by atoms with van der Waals surface area (Å²) < 4.78 is 25.6. The predicted molar refractivity (Wildman–Crippen MR) is 30.8 cm³/mol.